The molecule has 0 radical (unpaired) electrons. The standard InChI is InChI=1S/C16H16FN3O/c1-10-8-19-15(11(2)16(10)21-3)9-20-14-5-4-13(17)6-12(14)7-18/h4-6,8,20H,9H2,1-3H3. The number of pyridine rings is 1. The van der Waals surface area contributed by atoms with Gasteiger partial charge in [0.2, 0.25) is 0 Å². The number of ether oxygens (including phenoxy) is 1. The molecule has 0 aliphatic heterocycles. The zero-order valence-electron chi connectivity index (χ0n) is 12.2. The molecule has 0 aliphatic carbocycles. The molecule has 1 N–H and O–H groups in total. The van der Waals surface area contributed by atoms with Gasteiger partial charge in [0.25, 0.3) is 0 Å². The fourth-order valence-corrected chi connectivity index (χ4v) is 2.19. The van der Waals surface area contributed by atoms with Crippen LogP contribution in [0, 0.1) is 31.0 Å². The van der Waals surface area contributed by atoms with E-state index in [0.717, 1.165) is 22.6 Å². The maximum Gasteiger partial charge on any atom is 0.128 e. The van der Waals surface area contributed by atoms with E-state index in [1.54, 1.807) is 19.4 Å². The van der Waals surface area contributed by atoms with E-state index in [-0.39, 0.29) is 5.56 Å². The molecule has 2 rings (SSSR count). The third kappa shape index (κ3) is 3.11. The molecule has 0 spiro atoms. The highest BCUT2D eigenvalue weighted by atomic mass is 19.1. The molecule has 0 unspecified atom stereocenters. The molecule has 1 heterocycles. The molecule has 0 fully saturated rings. The summed E-state index contributed by atoms with van der Waals surface area (Å²) in [5.41, 5.74) is 3.60. The van der Waals surface area contributed by atoms with Gasteiger partial charge in [-0.2, -0.15) is 5.26 Å². The number of hydrogen-bond acceptors (Lipinski definition) is 4. The van der Waals surface area contributed by atoms with Crippen LogP contribution in [0.15, 0.2) is 24.4 Å². The fraction of sp³-hybridized carbons (Fsp3) is 0.250. The van der Waals surface area contributed by atoms with E-state index in [1.807, 2.05) is 19.9 Å². The Hall–Kier alpha value is -2.61. The van der Waals surface area contributed by atoms with E-state index in [1.165, 1.54) is 12.1 Å². The van der Waals surface area contributed by atoms with Gasteiger partial charge in [0.15, 0.2) is 0 Å². The van der Waals surface area contributed by atoms with Gasteiger partial charge >= 0.3 is 0 Å². The summed E-state index contributed by atoms with van der Waals surface area (Å²) in [4.78, 5) is 4.38. The first-order valence-electron chi connectivity index (χ1n) is 6.49. The number of nitriles is 1. The highest BCUT2D eigenvalue weighted by Crippen LogP contribution is 2.25. The molecule has 1 aromatic carbocycles. The Labute approximate surface area is 123 Å². The Morgan fingerprint density at radius 1 is 1.38 bits per heavy atom. The topological polar surface area (TPSA) is 57.9 Å². The van der Waals surface area contributed by atoms with Crippen molar-refractivity contribution in [3.8, 4) is 11.8 Å². The summed E-state index contributed by atoms with van der Waals surface area (Å²) in [5.74, 6) is 0.379. The van der Waals surface area contributed by atoms with Gasteiger partial charge in [0, 0.05) is 17.3 Å². The lowest BCUT2D eigenvalue weighted by Gasteiger charge is -2.13. The maximum atomic E-state index is 13.1. The fourth-order valence-electron chi connectivity index (χ4n) is 2.19. The van der Waals surface area contributed by atoms with Crippen molar-refractivity contribution in [2.24, 2.45) is 0 Å². The number of benzene rings is 1. The van der Waals surface area contributed by atoms with Crippen LogP contribution in [-0.2, 0) is 6.54 Å². The predicted octanol–water partition coefficient (Wildman–Crippen LogP) is 3.33. The first-order valence-corrected chi connectivity index (χ1v) is 6.49. The second-order valence-corrected chi connectivity index (χ2v) is 4.70. The van der Waals surface area contributed by atoms with Gasteiger partial charge in [-0.3, -0.25) is 4.98 Å². The number of methoxy groups -OCH3 is 1. The zero-order valence-corrected chi connectivity index (χ0v) is 12.2. The van der Waals surface area contributed by atoms with Crippen molar-refractivity contribution in [3.63, 3.8) is 0 Å². The molecule has 0 saturated carbocycles. The van der Waals surface area contributed by atoms with Crippen molar-refractivity contribution in [2.45, 2.75) is 20.4 Å². The Morgan fingerprint density at radius 3 is 2.81 bits per heavy atom. The number of halogens is 1. The lowest BCUT2D eigenvalue weighted by atomic mass is 10.1. The third-order valence-corrected chi connectivity index (χ3v) is 3.30. The highest BCUT2D eigenvalue weighted by molar-refractivity contribution is 5.57. The number of rotatable bonds is 4. The molecular formula is C16H16FN3O. The summed E-state index contributed by atoms with van der Waals surface area (Å²) in [6, 6.07) is 6.05. The molecule has 1 aromatic heterocycles. The van der Waals surface area contributed by atoms with Gasteiger partial charge in [-0.15, -0.1) is 0 Å². The Kier molecular flexibility index (Phi) is 4.39. The molecule has 2 aromatic rings. The third-order valence-electron chi connectivity index (χ3n) is 3.30. The van der Waals surface area contributed by atoms with Crippen LogP contribution in [-0.4, -0.2) is 12.1 Å². The molecule has 0 atom stereocenters. The minimum atomic E-state index is -0.427. The molecule has 0 aliphatic rings. The van der Waals surface area contributed by atoms with Gasteiger partial charge in [-0.05, 0) is 32.0 Å². The lowest BCUT2D eigenvalue weighted by molar-refractivity contribution is 0.407. The summed E-state index contributed by atoms with van der Waals surface area (Å²) in [6.45, 7) is 4.30. The molecule has 0 bridgehead atoms. The first-order chi connectivity index (χ1) is 10.1. The summed E-state index contributed by atoms with van der Waals surface area (Å²) >= 11 is 0. The van der Waals surface area contributed by atoms with Crippen LogP contribution >= 0.6 is 0 Å². The Bertz CT molecular complexity index is 707. The molecular weight excluding hydrogens is 269 g/mol. The summed E-state index contributed by atoms with van der Waals surface area (Å²) < 4.78 is 18.5. The SMILES string of the molecule is COc1c(C)cnc(CNc2ccc(F)cc2C#N)c1C. The van der Waals surface area contributed by atoms with Crippen LogP contribution in [0.5, 0.6) is 5.75 Å². The summed E-state index contributed by atoms with van der Waals surface area (Å²) in [6.07, 6.45) is 1.75. The number of hydrogen-bond donors (Lipinski definition) is 1. The second-order valence-electron chi connectivity index (χ2n) is 4.70. The van der Waals surface area contributed by atoms with E-state index in [2.05, 4.69) is 10.3 Å². The van der Waals surface area contributed by atoms with Crippen molar-refractivity contribution in [1.29, 1.82) is 5.26 Å². The zero-order chi connectivity index (χ0) is 15.4. The van der Waals surface area contributed by atoms with E-state index in [0.29, 0.717) is 12.2 Å². The molecule has 108 valence electrons. The maximum absolute atomic E-state index is 13.1. The molecule has 0 amide bonds. The summed E-state index contributed by atoms with van der Waals surface area (Å²) in [5, 5.41) is 12.1. The number of aryl methyl sites for hydroxylation is 1. The van der Waals surface area contributed by atoms with Gasteiger partial charge in [0.1, 0.15) is 17.6 Å². The number of aromatic nitrogens is 1. The Morgan fingerprint density at radius 2 is 2.14 bits per heavy atom. The molecule has 4 nitrogen and oxygen atoms in total. The van der Waals surface area contributed by atoms with E-state index < -0.39 is 5.82 Å². The predicted molar refractivity (Wildman–Crippen MR) is 78.7 cm³/mol. The van der Waals surface area contributed by atoms with Crippen molar-refractivity contribution in [1.82, 2.24) is 4.98 Å². The second kappa shape index (κ2) is 6.23. The first kappa shape index (κ1) is 14.8. The van der Waals surface area contributed by atoms with Crippen LogP contribution in [0.4, 0.5) is 10.1 Å². The monoisotopic (exact) mass is 285 g/mol. The van der Waals surface area contributed by atoms with Crippen LogP contribution in [0.1, 0.15) is 22.4 Å². The van der Waals surface area contributed by atoms with Crippen molar-refractivity contribution >= 4 is 5.69 Å². The van der Waals surface area contributed by atoms with Crippen LogP contribution < -0.4 is 10.1 Å². The highest BCUT2D eigenvalue weighted by Gasteiger charge is 2.10. The summed E-state index contributed by atoms with van der Waals surface area (Å²) in [7, 11) is 1.63. The van der Waals surface area contributed by atoms with E-state index >= 15 is 0 Å². The normalized spacial score (nSPS) is 10.0. The minimum absolute atomic E-state index is 0.270. The van der Waals surface area contributed by atoms with Gasteiger partial charge in [-0.25, -0.2) is 4.39 Å². The van der Waals surface area contributed by atoms with E-state index in [9.17, 15) is 4.39 Å². The minimum Gasteiger partial charge on any atom is -0.496 e. The Balaban J connectivity index is 2.23. The molecule has 5 heteroatoms. The average molecular weight is 285 g/mol. The van der Waals surface area contributed by atoms with Crippen molar-refractivity contribution < 1.29 is 9.13 Å². The van der Waals surface area contributed by atoms with Crippen molar-refractivity contribution in [3.05, 3.63) is 52.6 Å². The van der Waals surface area contributed by atoms with Gasteiger partial charge in [-0.1, -0.05) is 0 Å². The quantitative estimate of drug-likeness (QED) is 0.936. The van der Waals surface area contributed by atoms with Crippen molar-refractivity contribution in [2.75, 3.05) is 12.4 Å². The van der Waals surface area contributed by atoms with Crippen LogP contribution in [0.2, 0.25) is 0 Å². The van der Waals surface area contributed by atoms with Crippen LogP contribution in [0.25, 0.3) is 0 Å². The average Bonchev–Trinajstić information content (AvgIpc) is 2.48. The largest absolute Gasteiger partial charge is 0.496 e. The van der Waals surface area contributed by atoms with E-state index in [4.69, 9.17) is 10.00 Å². The smallest absolute Gasteiger partial charge is 0.128 e. The van der Waals surface area contributed by atoms with Gasteiger partial charge in [0.05, 0.1) is 30.6 Å². The number of nitrogens with one attached hydrogen (secondary N) is 1. The number of nitrogens with zero attached hydrogens (tertiary/aromatic N) is 2. The number of anilines is 1. The van der Waals surface area contributed by atoms with Gasteiger partial charge < -0.3 is 10.1 Å². The molecule has 21 heavy (non-hydrogen) atoms. The van der Waals surface area contributed by atoms with Crippen LogP contribution in [0.3, 0.4) is 0 Å². The molecule has 0 saturated heterocycles. The lowest BCUT2D eigenvalue weighted by Crippen LogP contribution is -2.07.